The molecule has 0 aromatic heterocycles. The van der Waals surface area contributed by atoms with Crippen LogP contribution < -0.4 is 5.32 Å². The molecule has 2 rings (SSSR count). The van der Waals surface area contributed by atoms with Crippen molar-refractivity contribution in [3.8, 4) is 0 Å². The molecule has 0 atom stereocenters. The monoisotopic (exact) mass is 804 g/mol. The minimum atomic E-state index is 0.0200. The zero-order chi connectivity index (χ0) is 41.1. The molecule has 2 fully saturated rings. The van der Waals surface area contributed by atoms with Crippen molar-refractivity contribution in [1.29, 1.82) is 0 Å². The van der Waals surface area contributed by atoms with Crippen molar-refractivity contribution in [2.75, 3.05) is 26.4 Å². The first-order valence-corrected chi connectivity index (χ1v) is 25.6. The summed E-state index contributed by atoms with van der Waals surface area (Å²) in [5.74, 6) is 1.13. The number of carbonyl (C=O) groups is 2. The topological polar surface area (TPSA) is 73.9 Å². The van der Waals surface area contributed by atoms with Gasteiger partial charge in [0, 0.05) is 30.3 Å². The van der Waals surface area contributed by atoms with E-state index in [4.69, 9.17) is 14.2 Å². The largest absolute Gasteiger partial charge is 0.465 e. The lowest BCUT2D eigenvalue weighted by Gasteiger charge is -2.54. The van der Waals surface area contributed by atoms with E-state index in [-0.39, 0.29) is 11.9 Å². The van der Waals surface area contributed by atoms with Gasteiger partial charge in [-0.2, -0.15) is 0 Å². The van der Waals surface area contributed by atoms with Crippen LogP contribution in [0.15, 0.2) is 0 Å². The molecule has 1 aliphatic carbocycles. The zero-order valence-electron chi connectivity index (χ0n) is 38.6. The van der Waals surface area contributed by atoms with Gasteiger partial charge in [0.25, 0.3) is 0 Å². The maximum Gasteiger partial charge on any atom is 0.305 e. The highest BCUT2D eigenvalue weighted by atomic mass is 16.5. The predicted molar refractivity (Wildman–Crippen MR) is 242 cm³/mol. The Kier molecular flexibility index (Phi) is 32.5. The second-order valence-corrected chi connectivity index (χ2v) is 19.1. The molecule has 6 heteroatoms. The average Bonchev–Trinajstić information content (AvgIpc) is 3.18. The molecule has 1 heterocycles. The van der Waals surface area contributed by atoms with Crippen LogP contribution in [0.25, 0.3) is 0 Å². The Hall–Kier alpha value is -1.14. The van der Waals surface area contributed by atoms with Gasteiger partial charge in [0.15, 0.2) is 0 Å². The SMILES string of the molecule is CCCCCCC(CCCCCC)COC(=O)CCCCCCCC(CCCCCCCC(=O)OCC(CCCCCC)CCCCCC)NC1CC2(COC2)C1. The Bertz CT molecular complexity index is 847. The highest BCUT2D eigenvalue weighted by Crippen LogP contribution is 2.47. The maximum atomic E-state index is 12.6. The molecular formula is C51H97NO5. The summed E-state index contributed by atoms with van der Waals surface area (Å²) in [5.41, 5.74) is 0.499. The highest BCUT2D eigenvalue weighted by molar-refractivity contribution is 5.69. The van der Waals surface area contributed by atoms with E-state index in [0.29, 0.717) is 55.4 Å². The number of nitrogens with one attached hydrogen (secondary N) is 1. The summed E-state index contributed by atoms with van der Waals surface area (Å²) in [6, 6.07) is 1.27. The molecule has 57 heavy (non-hydrogen) atoms. The zero-order valence-corrected chi connectivity index (χ0v) is 38.6. The number of esters is 2. The number of ether oxygens (including phenoxy) is 3. The highest BCUT2D eigenvalue weighted by Gasteiger charge is 2.49. The first-order chi connectivity index (χ1) is 27.9. The van der Waals surface area contributed by atoms with Crippen LogP contribution in [0.1, 0.15) is 259 Å². The van der Waals surface area contributed by atoms with Crippen molar-refractivity contribution in [2.24, 2.45) is 17.3 Å². The van der Waals surface area contributed by atoms with Gasteiger partial charge in [-0.1, -0.05) is 182 Å². The summed E-state index contributed by atoms with van der Waals surface area (Å²) >= 11 is 0. The Morgan fingerprint density at radius 1 is 0.491 bits per heavy atom. The van der Waals surface area contributed by atoms with Crippen LogP contribution in [0, 0.1) is 17.3 Å². The van der Waals surface area contributed by atoms with E-state index in [9.17, 15) is 9.59 Å². The lowest BCUT2D eigenvalue weighted by molar-refractivity contribution is -0.168. The summed E-state index contributed by atoms with van der Waals surface area (Å²) in [6.45, 7) is 12.3. The molecule has 1 saturated carbocycles. The fourth-order valence-corrected chi connectivity index (χ4v) is 9.38. The molecular weight excluding hydrogens is 707 g/mol. The van der Waals surface area contributed by atoms with E-state index in [1.54, 1.807) is 0 Å². The number of hydrogen-bond donors (Lipinski definition) is 1. The van der Waals surface area contributed by atoms with Crippen LogP contribution in [0.5, 0.6) is 0 Å². The van der Waals surface area contributed by atoms with Gasteiger partial charge in [-0.15, -0.1) is 0 Å². The standard InChI is InChI=1S/C51H97NO5/c1-5-9-13-23-31-45(32-24-14-10-6-2)41-56-49(53)37-29-21-17-19-27-35-47(52-48-39-51(40-48)43-55-44-51)36-28-20-18-22-30-38-50(54)57-42-46(33-25-15-11-7-3)34-26-16-12-8-4/h45-48,52H,5-44H2,1-4H3. The predicted octanol–water partition coefficient (Wildman–Crippen LogP) is 14.8. The summed E-state index contributed by atoms with van der Waals surface area (Å²) < 4.78 is 17.2. The van der Waals surface area contributed by atoms with Crippen molar-refractivity contribution in [1.82, 2.24) is 5.32 Å². The van der Waals surface area contributed by atoms with Gasteiger partial charge < -0.3 is 19.5 Å². The van der Waals surface area contributed by atoms with Gasteiger partial charge in [0.1, 0.15) is 0 Å². The first kappa shape index (κ1) is 52.0. The maximum absolute atomic E-state index is 12.6. The van der Waals surface area contributed by atoms with Gasteiger partial charge in [0.2, 0.25) is 0 Å². The molecule has 0 amide bonds. The van der Waals surface area contributed by atoms with Gasteiger partial charge >= 0.3 is 11.9 Å². The summed E-state index contributed by atoms with van der Waals surface area (Å²) in [7, 11) is 0. The number of carbonyl (C=O) groups excluding carboxylic acids is 2. The van der Waals surface area contributed by atoms with Crippen molar-refractivity contribution >= 4 is 11.9 Å². The Balaban J connectivity index is 1.58. The summed E-state index contributed by atoms with van der Waals surface area (Å²) in [5, 5.41) is 4.05. The normalized spacial score (nSPS) is 15.1. The smallest absolute Gasteiger partial charge is 0.305 e. The lowest BCUT2D eigenvalue weighted by Crippen LogP contribution is -2.60. The van der Waals surface area contributed by atoms with E-state index in [0.717, 1.165) is 38.9 Å². The minimum Gasteiger partial charge on any atom is -0.465 e. The Morgan fingerprint density at radius 3 is 1.18 bits per heavy atom. The molecule has 2 aliphatic rings. The van der Waals surface area contributed by atoms with Gasteiger partial charge in [0.05, 0.1) is 26.4 Å². The molecule has 6 nitrogen and oxygen atoms in total. The average molecular weight is 804 g/mol. The third-order valence-corrected chi connectivity index (χ3v) is 13.3. The van der Waals surface area contributed by atoms with Crippen LogP contribution >= 0.6 is 0 Å². The molecule has 0 aromatic rings. The van der Waals surface area contributed by atoms with E-state index in [1.165, 1.54) is 193 Å². The van der Waals surface area contributed by atoms with E-state index in [1.807, 2.05) is 0 Å². The molecule has 0 aromatic carbocycles. The fraction of sp³-hybridized carbons (Fsp3) is 0.961. The second kappa shape index (κ2) is 35.6. The Labute approximate surface area is 354 Å². The van der Waals surface area contributed by atoms with Crippen LogP contribution in [0.2, 0.25) is 0 Å². The van der Waals surface area contributed by atoms with Crippen LogP contribution in [-0.2, 0) is 23.8 Å². The van der Waals surface area contributed by atoms with E-state index >= 15 is 0 Å². The molecule has 1 aliphatic heterocycles. The molecule has 336 valence electrons. The third kappa shape index (κ3) is 27.4. The second-order valence-electron chi connectivity index (χ2n) is 19.1. The van der Waals surface area contributed by atoms with E-state index < -0.39 is 0 Å². The third-order valence-electron chi connectivity index (χ3n) is 13.3. The Morgan fingerprint density at radius 2 is 0.825 bits per heavy atom. The van der Waals surface area contributed by atoms with Gasteiger partial charge in [-0.3, -0.25) is 9.59 Å². The van der Waals surface area contributed by atoms with Crippen molar-refractivity contribution in [3.63, 3.8) is 0 Å². The molecule has 1 N–H and O–H groups in total. The van der Waals surface area contributed by atoms with Crippen molar-refractivity contribution < 1.29 is 23.8 Å². The molecule has 0 radical (unpaired) electrons. The number of unbranched alkanes of at least 4 members (excludes halogenated alkanes) is 20. The molecule has 1 saturated heterocycles. The van der Waals surface area contributed by atoms with Crippen molar-refractivity contribution in [2.45, 2.75) is 271 Å². The van der Waals surface area contributed by atoms with E-state index in [2.05, 4.69) is 33.0 Å². The number of hydrogen-bond acceptors (Lipinski definition) is 6. The molecule has 1 spiro atoms. The quantitative estimate of drug-likeness (QED) is 0.0489. The lowest BCUT2D eigenvalue weighted by atomic mass is 9.64. The molecule has 0 unspecified atom stereocenters. The van der Waals surface area contributed by atoms with Crippen LogP contribution in [0.3, 0.4) is 0 Å². The fourth-order valence-electron chi connectivity index (χ4n) is 9.38. The molecule has 0 bridgehead atoms. The first-order valence-electron chi connectivity index (χ1n) is 25.6. The number of rotatable bonds is 42. The summed E-state index contributed by atoms with van der Waals surface area (Å²) in [4.78, 5) is 25.2. The minimum absolute atomic E-state index is 0.0200. The van der Waals surface area contributed by atoms with Crippen molar-refractivity contribution in [3.05, 3.63) is 0 Å². The van der Waals surface area contributed by atoms with Gasteiger partial charge in [-0.05, 0) is 76.0 Å². The van der Waals surface area contributed by atoms with Crippen LogP contribution in [0.4, 0.5) is 0 Å². The van der Waals surface area contributed by atoms with Gasteiger partial charge in [-0.25, -0.2) is 0 Å². The summed E-state index contributed by atoms with van der Waals surface area (Å²) in [6.07, 6.45) is 43.4. The van der Waals surface area contributed by atoms with Crippen LogP contribution in [-0.4, -0.2) is 50.4 Å².